The highest BCUT2D eigenvalue weighted by Crippen LogP contribution is 2.54. The Morgan fingerprint density at radius 2 is 1.00 bits per heavy atom. The van der Waals surface area contributed by atoms with Gasteiger partial charge in [-0.05, 0) is 63.4 Å². The van der Waals surface area contributed by atoms with Crippen molar-refractivity contribution in [3.8, 4) is 78.1 Å². The summed E-state index contributed by atoms with van der Waals surface area (Å²) in [7, 11) is 0. The number of nitrogens with zero attached hydrogens (tertiary/aromatic N) is 5. The van der Waals surface area contributed by atoms with Crippen molar-refractivity contribution in [3.63, 3.8) is 0 Å². The van der Waals surface area contributed by atoms with Gasteiger partial charge < -0.3 is 4.98 Å². The van der Waals surface area contributed by atoms with E-state index in [-0.39, 0.29) is 0 Å². The summed E-state index contributed by atoms with van der Waals surface area (Å²) >= 11 is 0. The van der Waals surface area contributed by atoms with Crippen LogP contribution < -0.4 is 10.7 Å². The van der Waals surface area contributed by atoms with Gasteiger partial charge in [-0.15, -0.1) is 10.2 Å². The fourth-order valence-corrected chi connectivity index (χ4v) is 9.88. The van der Waals surface area contributed by atoms with Gasteiger partial charge in [0, 0.05) is 65.7 Å². The van der Waals surface area contributed by atoms with Gasteiger partial charge in [-0.3, -0.25) is 0 Å². The van der Waals surface area contributed by atoms with E-state index in [0.717, 1.165) is 127 Å². The van der Waals surface area contributed by atoms with Crippen molar-refractivity contribution < 1.29 is 0 Å². The second-order valence-corrected chi connectivity index (χ2v) is 16.1. The van der Waals surface area contributed by atoms with E-state index in [0.29, 0.717) is 0 Å². The van der Waals surface area contributed by atoms with E-state index < -0.39 is 0 Å². The van der Waals surface area contributed by atoms with Crippen LogP contribution in [0.25, 0.3) is 100.0 Å². The minimum absolute atomic E-state index is 0.742. The van der Waals surface area contributed by atoms with Gasteiger partial charge in [0.25, 0.3) is 0 Å². The third-order valence-corrected chi connectivity index (χ3v) is 12.6. The average Bonchev–Trinajstić information content (AvgIpc) is 4.05. The summed E-state index contributed by atoms with van der Waals surface area (Å²) in [5.41, 5.74) is 17.9. The summed E-state index contributed by atoms with van der Waals surface area (Å²) in [5.74, 6) is 0. The highest BCUT2D eigenvalue weighted by atomic mass is 15.3. The van der Waals surface area contributed by atoms with Gasteiger partial charge in [0.1, 0.15) is 11.4 Å². The number of rotatable bonds is 6. The molecule has 0 atom stereocenters. The number of aromatic amines is 1. The molecular weight excluding hydrogens is 769 g/mol. The first-order valence-corrected chi connectivity index (χ1v) is 21.2. The number of fused-ring (bicyclic) bond motifs is 9. The Morgan fingerprint density at radius 3 is 1.83 bits per heavy atom. The minimum atomic E-state index is 0.742. The van der Waals surface area contributed by atoms with Gasteiger partial charge in [-0.1, -0.05) is 170 Å². The van der Waals surface area contributed by atoms with Gasteiger partial charge >= 0.3 is 0 Å². The van der Waals surface area contributed by atoms with Crippen LogP contribution in [0.4, 0.5) is 11.4 Å². The zero-order chi connectivity index (χ0) is 41.4. The van der Waals surface area contributed by atoms with Gasteiger partial charge in [0.2, 0.25) is 0 Å². The maximum atomic E-state index is 5.37. The molecule has 11 aromatic rings. The summed E-state index contributed by atoms with van der Waals surface area (Å²) in [4.78, 5) is 14.6. The van der Waals surface area contributed by atoms with Crippen LogP contribution in [-0.2, 0) is 0 Å². The molecular formula is C57H34N6. The number of benzene rings is 9. The molecule has 1 N–H and O–H groups in total. The third kappa shape index (κ3) is 5.41. The minimum Gasteiger partial charge on any atom is -0.354 e. The van der Waals surface area contributed by atoms with E-state index in [1.165, 1.54) is 5.39 Å². The normalized spacial score (nSPS) is 12.1. The summed E-state index contributed by atoms with van der Waals surface area (Å²) in [6.45, 7) is 0. The van der Waals surface area contributed by atoms with Crippen LogP contribution in [0.1, 0.15) is 0 Å². The Labute approximate surface area is 361 Å². The average molecular weight is 803 g/mol. The van der Waals surface area contributed by atoms with E-state index in [9.17, 15) is 0 Å². The lowest BCUT2D eigenvalue weighted by Gasteiger charge is -2.22. The van der Waals surface area contributed by atoms with E-state index in [2.05, 4.69) is 186 Å². The number of nitrogens with one attached hydrogen (secondary N) is 1. The van der Waals surface area contributed by atoms with Crippen LogP contribution in [0.15, 0.2) is 210 Å². The lowest BCUT2D eigenvalue weighted by molar-refractivity contribution is 0.879. The van der Waals surface area contributed by atoms with Crippen molar-refractivity contribution in [2.24, 2.45) is 9.98 Å². The van der Waals surface area contributed by atoms with Gasteiger partial charge in [-0.25, -0.2) is 9.98 Å². The number of hydrogen-bond donors (Lipinski definition) is 1. The second kappa shape index (κ2) is 14.0. The summed E-state index contributed by atoms with van der Waals surface area (Å²) < 4.78 is 0. The maximum Gasteiger partial charge on any atom is 0.105 e. The van der Waals surface area contributed by atoms with Crippen LogP contribution in [-0.4, -0.2) is 20.4 Å². The molecule has 0 bridgehead atoms. The Morgan fingerprint density at radius 1 is 0.333 bits per heavy atom. The molecule has 2 aromatic heterocycles. The van der Waals surface area contributed by atoms with Crippen LogP contribution >= 0.6 is 0 Å². The van der Waals surface area contributed by atoms with E-state index in [4.69, 9.17) is 20.2 Å². The fraction of sp³-hybridized carbons (Fsp3) is 0. The summed E-state index contributed by atoms with van der Waals surface area (Å²) in [5, 5.41) is 20.6. The first-order valence-electron chi connectivity index (χ1n) is 21.2. The van der Waals surface area contributed by atoms with Gasteiger partial charge in [-0.2, -0.15) is 0 Å². The first-order chi connectivity index (χ1) is 31.3. The lowest BCUT2D eigenvalue weighted by atomic mass is 9.81. The topological polar surface area (TPSA) is 79.2 Å². The van der Waals surface area contributed by atoms with Crippen molar-refractivity contribution >= 4 is 33.2 Å². The quantitative estimate of drug-likeness (QED) is 0.182. The van der Waals surface area contributed by atoms with E-state index in [1.807, 2.05) is 24.3 Å². The molecule has 0 unspecified atom stereocenters. The predicted octanol–water partition coefficient (Wildman–Crippen LogP) is 13.0. The molecule has 4 heterocycles. The fourth-order valence-electron chi connectivity index (χ4n) is 9.88. The predicted molar refractivity (Wildman–Crippen MR) is 253 cm³/mol. The van der Waals surface area contributed by atoms with Crippen LogP contribution in [0.5, 0.6) is 0 Å². The molecule has 63 heavy (non-hydrogen) atoms. The molecule has 0 fully saturated rings. The molecule has 0 amide bonds. The highest BCUT2D eigenvalue weighted by Gasteiger charge is 2.31. The summed E-state index contributed by atoms with van der Waals surface area (Å²) in [6.07, 6.45) is 0. The monoisotopic (exact) mass is 802 g/mol. The van der Waals surface area contributed by atoms with E-state index in [1.54, 1.807) is 0 Å². The molecule has 2 aliphatic rings. The molecule has 0 saturated heterocycles. The SMILES string of the molecule is c1ccc(-c2ccc3c([nH]c4ccccc43)c2-c2ccc3c(c2-c2ccccc2-c2nnnc(-c4ccccc4)c2-c2ccccc2)-c2c4c(ccc2=N3)=c2ccccc2=N4)cc1. The summed E-state index contributed by atoms with van der Waals surface area (Å²) in [6, 6.07) is 70.3. The van der Waals surface area contributed by atoms with Crippen LogP contribution in [0.2, 0.25) is 0 Å². The molecule has 292 valence electrons. The van der Waals surface area contributed by atoms with Crippen molar-refractivity contribution in [2.45, 2.75) is 0 Å². The van der Waals surface area contributed by atoms with Crippen molar-refractivity contribution in [1.29, 1.82) is 0 Å². The molecule has 6 nitrogen and oxygen atoms in total. The molecule has 0 aliphatic carbocycles. The van der Waals surface area contributed by atoms with Gasteiger partial charge in [0.15, 0.2) is 0 Å². The Bertz CT molecular complexity index is 3900. The lowest BCUT2D eigenvalue weighted by Crippen LogP contribution is -2.03. The number of aromatic nitrogens is 4. The van der Waals surface area contributed by atoms with Crippen molar-refractivity contribution in [3.05, 3.63) is 221 Å². The van der Waals surface area contributed by atoms with Crippen LogP contribution in [0.3, 0.4) is 0 Å². The standard InChI is InChI=1S/C57H34N6/c1-4-16-34(17-5-1)37-28-29-42-38-22-12-14-26-45(38)59-55(42)51(37)44-31-33-47-52(53-48(58-47)32-30-43-39-23-13-15-27-46(39)60-56(43)53)50(44)40-24-10-11-25-41(40)57-49(35-18-6-2-7-19-35)54(61-63-62-57)36-20-8-3-9-21-36/h1-33,59H. The Balaban J connectivity index is 1.19. The zero-order valence-corrected chi connectivity index (χ0v) is 33.8. The molecule has 13 rings (SSSR count). The number of hydrogen-bond acceptors (Lipinski definition) is 5. The van der Waals surface area contributed by atoms with E-state index >= 15 is 0 Å². The first kappa shape index (κ1) is 35.2. The smallest absolute Gasteiger partial charge is 0.105 e. The highest BCUT2D eigenvalue weighted by molar-refractivity contribution is 6.18. The van der Waals surface area contributed by atoms with Crippen molar-refractivity contribution in [1.82, 2.24) is 20.4 Å². The van der Waals surface area contributed by atoms with Crippen molar-refractivity contribution in [2.75, 3.05) is 0 Å². The Hall–Kier alpha value is -8.61. The molecule has 0 saturated carbocycles. The third-order valence-electron chi connectivity index (χ3n) is 12.6. The van der Waals surface area contributed by atoms with Gasteiger partial charge in [0.05, 0.1) is 27.6 Å². The number of H-pyrrole nitrogens is 1. The molecule has 0 radical (unpaired) electrons. The number of para-hydroxylation sites is 2. The zero-order valence-electron chi connectivity index (χ0n) is 33.8. The largest absolute Gasteiger partial charge is 0.354 e. The Kier molecular flexibility index (Phi) is 7.80. The maximum absolute atomic E-state index is 5.37. The van der Waals surface area contributed by atoms with Crippen LogP contribution in [0, 0.1) is 10.4 Å². The molecule has 0 spiro atoms. The second-order valence-electron chi connectivity index (χ2n) is 16.1. The molecule has 9 aromatic carbocycles. The molecule has 2 aliphatic heterocycles. The molecule has 6 heteroatoms.